The highest BCUT2D eigenvalue weighted by Gasteiger charge is 2.11. The van der Waals surface area contributed by atoms with E-state index >= 15 is 0 Å². The summed E-state index contributed by atoms with van der Waals surface area (Å²) in [5.74, 6) is -0.219. The summed E-state index contributed by atoms with van der Waals surface area (Å²) in [5.41, 5.74) is 6.51. The molecule has 6 heteroatoms. The van der Waals surface area contributed by atoms with E-state index in [2.05, 4.69) is 25.9 Å². The Labute approximate surface area is 113 Å². The molecule has 0 radical (unpaired) electrons. The molecule has 0 atom stereocenters. The van der Waals surface area contributed by atoms with E-state index in [9.17, 15) is 4.39 Å². The maximum atomic E-state index is 13.6. The van der Waals surface area contributed by atoms with Crippen LogP contribution in [0.15, 0.2) is 34.9 Å². The molecule has 4 nitrogen and oxygen atoms in total. The lowest BCUT2D eigenvalue weighted by atomic mass is 10.2. The van der Waals surface area contributed by atoms with Gasteiger partial charge in [-0.15, -0.1) is 0 Å². The third-order valence-corrected chi connectivity index (χ3v) is 2.97. The van der Waals surface area contributed by atoms with Gasteiger partial charge in [0.25, 0.3) is 0 Å². The van der Waals surface area contributed by atoms with Crippen molar-refractivity contribution in [3.8, 4) is 0 Å². The first-order valence-electron chi connectivity index (χ1n) is 5.30. The van der Waals surface area contributed by atoms with Gasteiger partial charge in [-0.25, -0.2) is 9.37 Å². The zero-order valence-electron chi connectivity index (χ0n) is 9.77. The molecule has 0 bridgehead atoms. The molecule has 0 unspecified atom stereocenters. The normalized spacial score (nSPS) is 10.4. The number of halogens is 2. The molecule has 0 saturated heterocycles. The second-order valence-electron chi connectivity index (χ2n) is 3.88. The van der Waals surface area contributed by atoms with Crippen molar-refractivity contribution in [2.45, 2.75) is 6.54 Å². The number of aromatic nitrogens is 2. The van der Waals surface area contributed by atoms with Crippen molar-refractivity contribution in [3.05, 3.63) is 46.3 Å². The molecular formula is C12H12BrFN4. The van der Waals surface area contributed by atoms with Crippen LogP contribution in [0.25, 0.3) is 0 Å². The fraction of sp³-hybridized carbons (Fsp3) is 0.167. The molecule has 0 aliphatic rings. The van der Waals surface area contributed by atoms with Crippen LogP contribution in [0, 0.1) is 5.82 Å². The third kappa shape index (κ3) is 2.95. The molecule has 1 aromatic carbocycles. The average Bonchev–Trinajstić information content (AvgIpc) is 2.35. The van der Waals surface area contributed by atoms with Crippen LogP contribution in [0.3, 0.4) is 0 Å². The van der Waals surface area contributed by atoms with Gasteiger partial charge in [0.05, 0.1) is 6.20 Å². The van der Waals surface area contributed by atoms with Gasteiger partial charge in [-0.1, -0.05) is 28.1 Å². The molecule has 0 saturated carbocycles. The van der Waals surface area contributed by atoms with Crippen molar-refractivity contribution in [2.24, 2.45) is 0 Å². The summed E-state index contributed by atoms with van der Waals surface area (Å²) >= 11 is 3.37. The summed E-state index contributed by atoms with van der Waals surface area (Å²) < 4.78 is 14.6. The summed E-state index contributed by atoms with van der Waals surface area (Å²) in [4.78, 5) is 9.18. The molecule has 0 fully saturated rings. The minimum atomic E-state index is -0.483. The van der Waals surface area contributed by atoms with E-state index in [1.807, 2.05) is 24.3 Å². The van der Waals surface area contributed by atoms with Crippen molar-refractivity contribution >= 4 is 27.7 Å². The number of nitrogens with two attached hydrogens (primary N) is 1. The van der Waals surface area contributed by atoms with Gasteiger partial charge in [-0.2, -0.15) is 4.98 Å². The Morgan fingerprint density at radius 1 is 1.33 bits per heavy atom. The van der Waals surface area contributed by atoms with E-state index in [1.54, 1.807) is 11.9 Å². The minimum absolute atomic E-state index is 0.0639. The van der Waals surface area contributed by atoms with Crippen molar-refractivity contribution in [2.75, 3.05) is 17.7 Å². The number of hydrogen-bond acceptors (Lipinski definition) is 4. The number of hydrogen-bond donors (Lipinski definition) is 1. The second kappa shape index (κ2) is 5.30. The Morgan fingerprint density at radius 2 is 2.00 bits per heavy atom. The molecule has 2 N–H and O–H groups in total. The summed E-state index contributed by atoms with van der Waals surface area (Å²) in [6, 6.07) is 7.80. The third-order valence-electron chi connectivity index (χ3n) is 2.44. The molecule has 1 heterocycles. The molecule has 0 amide bonds. The van der Waals surface area contributed by atoms with Gasteiger partial charge < -0.3 is 10.6 Å². The number of rotatable bonds is 3. The highest BCUT2D eigenvalue weighted by Crippen LogP contribution is 2.18. The van der Waals surface area contributed by atoms with E-state index in [-0.39, 0.29) is 11.8 Å². The number of nitrogen functional groups attached to an aromatic ring is 1. The zero-order chi connectivity index (χ0) is 13.1. The van der Waals surface area contributed by atoms with Gasteiger partial charge in [0.2, 0.25) is 5.95 Å². The molecular weight excluding hydrogens is 299 g/mol. The monoisotopic (exact) mass is 310 g/mol. The van der Waals surface area contributed by atoms with Gasteiger partial charge in [0, 0.05) is 18.1 Å². The first-order chi connectivity index (χ1) is 8.56. The fourth-order valence-electron chi connectivity index (χ4n) is 1.58. The van der Waals surface area contributed by atoms with Gasteiger partial charge in [0.1, 0.15) is 0 Å². The highest BCUT2D eigenvalue weighted by atomic mass is 79.9. The summed E-state index contributed by atoms with van der Waals surface area (Å²) in [6.07, 6.45) is 1.08. The van der Waals surface area contributed by atoms with Gasteiger partial charge in [-0.05, 0) is 17.7 Å². The quantitative estimate of drug-likeness (QED) is 0.946. The maximum absolute atomic E-state index is 13.6. The first kappa shape index (κ1) is 12.8. The largest absolute Gasteiger partial charge is 0.368 e. The van der Waals surface area contributed by atoms with Crippen molar-refractivity contribution in [1.82, 2.24) is 9.97 Å². The molecule has 1 aromatic heterocycles. The molecule has 0 spiro atoms. The van der Waals surface area contributed by atoms with Gasteiger partial charge >= 0.3 is 0 Å². The lowest BCUT2D eigenvalue weighted by molar-refractivity contribution is 0.608. The Bertz CT molecular complexity index is 544. The van der Waals surface area contributed by atoms with Crippen molar-refractivity contribution < 1.29 is 4.39 Å². The Balaban J connectivity index is 2.18. The van der Waals surface area contributed by atoms with Crippen LogP contribution < -0.4 is 10.6 Å². The Hall–Kier alpha value is -1.69. The summed E-state index contributed by atoms with van der Waals surface area (Å²) in [7, 11) is 1.76. The molecule has 0 aliphatic carbocycles. The van der Waals surface area contributed by atoms with Crippen LogP contribution in [0.4, 0.5) is 16.2 Å². The lowest BCUT2D eigenvalue weighted by Crippen LogP contribution is -2.20. The molecule has 0 aliphatic heterocycles. The van der Waals surface area contributed by atoms with Crippen LogP contribution in [0.5, 0.6) is 0 Å². The standard InChI is InChI=1S/C12H12BrFN4/c1-18(7-8-2-4-9(13)5-3-8)11-10(14)6-16-12(15)17-11/h2-6H,7H2,1H3,(H2,15,16,17). The minimum Gasteiger partial charge on any atom is -0.368 e. The number of benzene rings is 1. The first-order valence-corrected chi connectivity index (χ1v) is 6.09. The predicted octanol–water partition coefficient (Wildman–Crippen LogP) is 2.60. The van der Waals surface area contributed by atoms with E-state index < -0.39 is 5.82 Å². The van der Waals surface area contributed by atoms with Crippen LogP contribution in [0.1, 0.15) is 5.56 Å². The number of anilines is 2. The smallest absolute Gasteiger partial charge is 0.222 e. The van der Waals surface area contributed by atoms with Crippen LogP contribution in [0.2, 0.25) is 0 Å². The predicted molar refractivity (Wildman–Crippen MR) is 72.7 cm³/mol. The Kier molecular flexibility index (Phi) is 3.76. The average molecular weight is 311 g/mol. The number of nitrogens with zero attached hydrogens (tertiary/aromatic N) is 3. The molecule has 18 heavy (non-hydrogen) atoms. The van der Waals surface area contributed by atoms with Crippen LogP contribution in [-0.4, -0.2) is 17.0 Å². The summed E-state index contributed by atoms with van der Waals surface area (Å²) in [5, 5.41) is 0. The van der Waals surface area contributed by atoms with Crippen LogP contribution >= 0.6 is 15.9 Å². The molecule has 2 aromatic rings. The van der Waals surface area contributed by atoms with E-state index in [4.69, 9.17) is 5.73 Å². The van der Waals surface area contributed by atoms with E-state index in [1.165, 1.54) is 0 Å². The van der Waals surface area contributed by atoms with Gasteiger partial charge in [-0.3, -0.25) is 0 Å². The van der Waals surface area contributed by atoms with E-state index in [0.717, 1.165) is 16.2 Å². The fourth-order valence-corrected chi connectivity index (χ4v) is 1.84. The maximum Gasteiger partial charge on any atom is 0.222 e. The van der Waals surface area contributed by atoms with Crippen LogP contribution in [-0.2, 0) is 6.54 Å². The SMILES string of the molecule is CN(Cc1ccc(Br)cc1)c1nc(N)ncc1F. The van der Waals surface area contributed by atoms with E-state index in [0.29, 0.717) is 6.54 Å². The second-order valence-corrected chi connectivity index (χ2v) is 4.80. The van der Waals surface area contributed by atoms with Crippen molar-refractivity contribution in [3.63, 3.8) is 0 Å². The summed E-state index contributed by atoms with van der Waals surface area (Å²) in [6.45, 7) is 0.542. The van der Waals surface area contributed by atoms with Gasteiger partial charge in [0.15, 0.2) is 11.6 Å². The topological polar surface area (TPSA) is 55.0 Å². The lowest BCUT2D eigenvalue weighted by Gasteiger charge is -2.18. The highest BCUT2D eigenvalue weighted by molar-refractivity contribution is 9.10. The zero-order valence-corrected chi connectivity index (χ0v) is 11.4. The molecule has 2 rings (SSSR count). The Morgan fingerprint density at radius 3 is 2.67 bits per heavy atom. The van der Waals surface area contributed by atoms with Crippen molar-refractivity contribution in [1.29, 1.82) is 0 Å². The molecule has 94 valence electrons.